The van der Waals surface area contributed by atoms with Crippen molar-refractivity contribution in [2.24, 2.45) is 0 Å². The summed E-state index contributed by atoms with van der Waals surface area (Å²) in [4.78, 5) is 26.0. The fourth-order valence-corrected chi connectivity index (χ4v) is 2.63. The molecule has 7 heteroatoms. The summed E-state index contributed by atoms with van der Waals surface area (Å²) in [6.45, 7) is 3.11. The van der Waals surface area contributed by atoms with Gasteiger partial charge in [0.05, 0.1) is 6.04 Å². The van der Waals surface area contributed by atoms with Crippen LogP contribution in [-0.2, 0) is 14.3 Å². The predicted octanol–water partition coefficient (Wildman–Crippen LogP) is 0.651. The highest BCUT2D eigenvalue weighted by atomic mass is 35.5. The van der Waals surface area contributed by atoms with Gasteiger partial charge < -0.3 is 20.3 Å². The Morgan fingerprint density at radius 1 is 1.35 bits per heavy atom. The average Bonchev–Trinajstić information content (AvgIpc) is 2.51. The summed E-state index contributed by atoms with van der Waals surface area (Å²) in [6, 6.07) is 7.35. The minimum atomic E-state index is -0.694. The fourth-order valence-electron chi connectivity index (χ4n) is 2.63. The zero-order valence-corrected chi connectivity index (χ0v) is 14.5. The first kappa shape index (κ1) is 19.4. The Labute approximate surface area is 143 Å². The topological polar surface area (TPSA) is 70.7 Å². The molecule has 6 nitrogen and oxygen atoms in total. The first-order valence-electron chi connectivity index (χ1n) is 7.41. The van der Waals surface area contributed by atoms with Crippen molar-refractivity contribution in [2.45, 2.75) is 19.1 Å². The number of rotatable bonds is 5. The molecule has 2 amide bonds. The number of benzene rings is 1. The maximum absolute atomic E-state index is 12.4. The van der Waals surface area contributed by atoms with Gasteiger partial charge in [0.1, 0.15) is 6.61 Å². The van der Waals surface area contributed by atoms with Crippen LogP contribution >= 0.6 is 12.4 Å². The van der Waals surface area contributed by atoms with E-state index in [4.69, 9.17) is 4.74 Å². The summed E-state index contributed by atoms with van der Waals surface area (Å²) in [7, 11) is 3.54. The molecule has 1 aliphatic heterocycles. The van der Waals surface area contributed by atoms with Gasteiger partial charge in [0.15, 0.2) is 6.10 Å². The van der Waals surface area contributed by atoms with Crippen LogP contribution in [-0.4, -0.2) is 56.6 Å². The summed E-state index contributed by atoms with van der Waals surface area (Å²) in [5, 5.41) is 5.82. The van der Waals surface area contributed by atoms with Gasteiger partial charge in [-0.2, -0.15) is 0 Å². The molecule has 1 saturated heterocycles. The summed E-state index contributed by atoms with van der Waals surface area (Å²) in [5.41, 5.74) is 1.97. The Kier molecular flexibility index (Phi) is 7.48. The summed E-state index contributed by atoms with van der Waals surface area (Å²) in [5.74, 6) is -0.310. The quantitative estimate of drug-likeness (QED) is 0.772. The summed E-state index contributed by atoms with van der Waals surface area (Å²) >= 11 is 0. The van der Waals surface area contributed by atoms with Gasteiger partial charge in [-0.15, -0.1) is 12.4 Å². The molecule has 1 fully saturated rings. The average molecular weight is 342 g/mol. The highest BCUT2D eigenvalue weighted by Gasteiger charge is 2.40. The second kappa shape index (κ2) is 8.86. The lowest BCUT2D eigenvalue weighted by Gasteiger charge is -2.38. The van der Waals surface area contributed by atoms with Crippen molar-refractivity contribution in [1.29, 1.82) is 0 Å². The van der Waals surface area contributed by atoms with Crippen LogP contribution in [0.25, 0.3) is 0 Å². The first-order valence-corrected chi connectivity index (χ1v) is 7.41. The maximum Gasteiger partial charge on any atom is 0.251 e. The Hall–Kier alpha value is -1.63. The molecule has 23 heavy (non-hydrogen) atoms. The molecule has 1 aliphatic rings. The third kappa shape index (κ3) is 4.43. The molecule has 0 aromatic heterocycles. The second-order valence-corrected chi connectivity index (χ2v) is 5.43. The zero-order valence-electron chi connectivity index (χ0n) is 13.7. The zero-order chi connectivity index (χ0) is 16.1. The molecule has 0 aliphatic carbocycles. The summed E-state index contributed by atoms with van der Waals surface area (Å²) in [6.07, 6.45) is -0.694. The Morgan fingerprint density at radius 2 is 2.04 bits per heavy atom. The van der Waals surface area contributed by atoms with E-state index in [1.165, 1.54) is 0 Å². The van der Waals surface area contributed by atoms with Gasteiger partial charge in [0, 0.05) is 20.1 Å². The van der Waals surface area contributed by atoms with E-state index in [9.17, 15) is 9.59 Å². The largest absolute Gasteiger partial charge is 0.356 e. The number of aryl methyl sites for hydroxylation is 1. The van der Waals surface area contributed by atoms with Crippen LogP contribution in [0.3, 0.4) is 0 Å². The van der Waals surface area contributed by atoms with E-state index in [1.807, 2.05) is 38.2 Å². The smallest absolute Gasteiger partial charge is 0.251 e. The molecule has 0 unspecified atom stereocenters. The normalized spacial score (nSPS) is 20.8. The van der Waals surface area contributed by atoms with Crippen LogP contribution in [0.15, 0.2) is 24.3 Å². The van der Waals surface area contributed by atoms with Gasteiger partial charge in [-0.25, -0.2) is 0 Å². The van der Waals surface area contributed by atoms with Crippen LogP contribution < -0.4 is 10.6 Å². The Bertz CT molecular complexity index is 553. The van der Waals surface area contributed by atoms with Crippen molar-refractivity contribution in [1.82, 2.24) is 15.5 Å². The number of ether oxygens (including phenoxy) is 1. The molecule has 0 radical (unpaired) electrons. The maximum atomic E-state index is 12.4. The second-order valence-electron chi connectivity index (χ2n) is 5.43. The molecule has 1 aromatic rings. The predicted molar refractivity (Wildman–Crippen MR) is 90.6 cm³/mol. The van der Waals surface area contributed by atoms with Gasteiger partial charge in [0.2, 0.25) is 5.91 Å². The standard InChI is InChI=1S/C16H23N3O3.ClH/c1-11-6-4-5-7-12(11)14-15(16(21)18-9-8-17-2)22-10-13(20)19(14)3;/h4-7,14-15,17H,8-10H2,1-3H3,(H,18,21);1H/t14-,15+;/m1./s1. The Balaban J connectivity index is 0.00000264. The van der Waals surface area contributed by atoms with E-state index in [0.717, 1.165) is 11.1 Å². The minimum absolute atomic E-state index is 0. The minimum Gasteiger partial charge on any atom is -0.356 e. The Morgan fingerprint density at radius 3 is 2.70 bits per heavy atom. The van der Waals surface area contributed by atoms with Crippen molar-refractivity contribution in [3.05, 3.63) is 35.4 Å². The number of amides is 2. The SMILES string of the molecule is CNCCNC(=O)[C@H]1OCC(=O)N(C)[C@@H]1c1ccccc1C.Cl. The number of carbonyl (C=O) groups is 2. The molecule has 128 valence electrons. The van der Waals surface area contributed by atoms with Gasteiger partial charge in [-0.3, -0.25) is 9.59 Å². The molecule has 0 spiro atoms. The number of carbonyl (C=O) groups excluding carboxylic acids is 2. The van der Waals surface area contributed by atoms with Gasteiger partial charge in [-0.1, -0.05) is 24.3 Å². The number of nitrogens with zero attached hydrogens (tertiary/aromatic N) is 1. The lowest BCUT2D eigenvalue weighted by Crippen LogP contribution is -2.53. The molecule has 1 aromatic carbocycles. The van der Waals surface area contributed by atoms with E-state index in [1.54, 1.807) is 11.9 Å². The first-order chi connectivity index (χ1) is 10.6. The molecule has 1 heterocycles. The van der Waals surface area contributed by atoms with Gasteiger partial charge >= 0.3 is 0 Å². The third-order valence-electron chi connectivity index (χ3n) is 3.92. The van der Waals surface area contributed by atoms with Gasteiger partial charge in [0.25, 0.3) is 5.91 Å². The highest BCUT2D eigenvalue weighted by Crippen LogP contribution is 2.31. The number of morpholine rings is 1. The fraction of sp³-hybridized carbons (Fsp3) is 0.500. The van der Waals surface area contributed by atoms with E-state index in [2.05, 4.69) is 10.6 Å². The molecular formula is C16H24ClN3O3. The van der Waals surface area contributed by atoms with Gasteiger partial charge in [-0.05, 0) is 25.1 Å². The molecule has 2 rings (SSSR count). The van der Waals surface area contributed by atoms with Crippen molar-refractivity contribution < 1.29 is 14.3 Å². The van der Waals surface area contributed by atoms with Crippen molar-refractivity contribution in [3.8, 4) is 0 Å². The van der Waals surface area contributed by atoms with E-state index in [-0.39, 0.29) is 30.8 Å². The van der Waals surface area contributed by atoms with Crippen molar-refractivity contribution in [2.75, 3.05) is 33.8 Å². The number of nitrogens with one attached hydrogen (secondary N) is 2. The lowest BCUT2D eigenvalue weighted by atomic mass is 9.94. The number of halogens is 1. The molecule has 2 atom stereocenters. The van der Waals surface area contributed by atoms with Crippen LogP contribution in [0.4, 0.5) is 0 Å². The molecular weight excluding hydrogens is 318 g/mol. The molecule has 2 N–H and O–H groups in total. The highest BCUT2D eigenvalue weighted by molar-refractivity contribution is 5.86. The van der Waals surface area contributed by atoms with Crippen LogP contribution in [0, 0.1) is 6.92 Å². The van der Waals surface area contributed by atoms with E-state index < -0.39 is 12.1 Å². The number of likely N-dealkylation sites (N-methyl/N-ethyl adjacent to an activating group) is 2. The summed E-state index contributed by atoms with van der Waals surface area (Å²) < 4.78 is 5.55. The monoisotopic (exact) mass is 341 g/mol. The van der Waals surface area contributed by atoms with E-state index in [0.29, 0.717) is 13.1 Å². The van der Waals surface area contributed by atoms with Crippen molar-refractivity contribution >= 4 is 24.2 Å². The molecule has 0 saturated carbocycles. The van der Waals surface area contributed by atoms with Crippen LogP contribution in [0.2, 0.25) is 0 Å². The lowest BCUT2D eigenvalue weighted by molar-refractivity contribution is -0.162. The number of hydrogen-bond acceptors (Lipinski definition) is 4. The molecule has 0 bridgehead atoms. The van der Waals surface area contributed by atoms with E-state index >= 15 is 0 Å². The van der Waals surface area contributed by atoms with Crippen LogP contribution in [0.1, 0.15) is 17.2 Å². The number of hydrogen-bond donors (Lipinski definition) is 2. The third-order valence-corrected chi connectivity index (χ3v) is 3.92. The van der Waals surface area contributed by atoms with Crippen LogP contribution in [0.5, 0.6) is 0 Å². The van der Waals surface area contributed by atoms with Crippen molar-refractivity contribution in [3.63, 3.8) is 0 Å².